The number of anilines is 1. The molecule has 3 heterocycles. The first kappa shape index (κ1) is 20.0. The van der Waals surface area contributed by atoms with Gasteiger partial charge < -0.3 is 14.2 Å². The summed E-state index contributed by atoms with van der Waals surface area (Å²) in [6.45, 7) is 1.02. The minimum atomic E-state index is -0.327. The maximum Gasteiger partial charge on any atom is 0.282 e. The van der Waals surface area contributed by atoms with Crippen molar-refractivity contribution in [1.82, 2.24) is 14.1 Å². The number of amides is 1. The van der Waals surface area contributed by atoms with Gasteiger partial charge in [0.1, 0.15) is 30.0 Å². The number of hydrogen-bond acceptors (Lipinski definition) is 5. The Morgan fingerprint density at radius 3 is 2.53 bits per heavy atom. The van der Waals surface area contributed by atoms with Crippen LogP contribution in [-0.2, 0) is 9.53 Å². The third kappa shape index (κ3) is 3.34. The summed E-state index contributed by atoms with van der Waals surface area (Å²) in [5.74, 6) is -0.104. The number of aromatic nitrogens is 3. The van der Waals surface area contributed by atoms with Gasteiger partial charge in [-0.25, -0.2) is 4.98 Å². The zero-order valence-electron chi connectivity index (χ0n) is 16.7. The molecule has 1 aliphatic rings. The second kappa shape index (κ2) is 7.96. The van der Waals surface area contributed by atoms with Crippen LogP contribution < -0.4 is 10.5 Å². The lowest BCUT2D eigenvalue weighted by atomic mass is 10.2. The highest BCUT2D eigenvalue weighted by Gasteiger charge is 2.21. The Bertz CT molecular complexity index is 1450. The van der Waals surface area contributed by atoms with Gasteiger partial charge in [0.2, 0.25) is 0 Å². The zero-order chi connectivity index (χ0) is 22.2. The molecule has 4 aromatic rings. The van der Waals surface area contributed by atoms with Crippen LogP contribution in [0.1, 0.15) is 5.56 Å². The van der Waals surface area contributed by atoms with E-state index in [1.165, 1.54) is 10.9 Å². The van der Waals surface area contributed by atoms with Crippen molar-refractivity contribution in [1.29, 1.82) is 5.26 Å². The van der Waals surface area contributed by atoms with Gasteiger partial charge in [-0.3, -0.25) is 14.2 Å². The van der Waals surface area contributed by atoms with Gasteiger partial charge in [0.05, 0.1) is 17.9 Å². The van der Waals surface area contributed by atoms with Gasteiger partial charge in [-0.1, -0.05) is 17.7 Å². The molecule has 1 amide bonds. The standard InChI is InChI=1S/C23H16ClN5O3/c24-16-2-1-3-19(10-16)28-12-15(11-25)21-22(28)23(31)29(14-26-21)18-6-4-17(5-7-18)27-8-9-32-13-20(27)30/h1-7,10,12,14H,8-9,13H2. The third-order valence-electron chi connectivity index (χ3n) is 5.33. The van der Waals surface area contributed by atoms with Crippen LogP contribution in [0.15, 0.2) is 65.8 Å². The first-order chi connectivity index (χ1) is 15.6. The minimum Gasteiger partial charge on any atom is -0.370 e. The molecule has 32 heavy (non-hydrogen) atoms. The highest BCUT2D eigenvalue weighted by atomic mass is 35.5. The van der Waals surface area contributed by atoms with Crippen LogP contribution in [0.3, 0.4) is 0 Å². The van der Waals surface area contributed by atoms with Crippen LogP contribution >= 0.6 is 11.6 Å². The predicted molar refractivity (Wildman–Crippen MR) is 120 cm³/mol. The van der Waals surface area contributed by atoms with E-state index in [1.807, 2.05) is 0 Å². The molecule has 0 spiro atoms. The second-order valence-electron chi connectivity index (χ2n) is 7.24. The lowest BCUT2D eigenvalue weighted by Gasteiger charge is -2.26. The highest BCUT2D eigenvalue weighted by Crippen LogP contribution is 2.24. The van der Waals surface area contributed by atoms with Crippen molar-refractivity contribution >= 4 is 34.2 Å². The molecule has 9 heteroatoms. The Kier molecular flexibility index (Phi) is 4.98. The fourth-order valence-corrected chi connectivity index (χ4v) is 3.98. The van der Waals surface area contributed by atoms with Crippen LogP contribution in [-0.4, -0.2) is 39.8 Å². The molecule has 2 aromatic heterocycles. The number of fused-ring (bicyclic) bond motifs is 1. The van der Waals surface area contributed by atoms with Crippen LogP contribution in [0.5, 0.6) is 0 Å². The summed E-state index contributed by atoms with van der Waals surface area (Å²) in [5.41, 5.74) is 2.55. The normalized spacial score (nSPS) is 14.0. The van der Waals surface area contributed by atoms with Gasteiger partial charge in [0, 0.05) is 29.1 Å². The van der Waals surface area contributed by atoms with E-state index in [0.717, 1.165) is 5.69 Å². The largest absolute Gasteiger partial charge is 0.370 e. The van der Waals surface area contributed by atoms with E-state index in [9.17, 15) is 14.9 Å². The number of ether oxygens (including phenoxy) is 1. The van der Waals surface area contributed by atoms with Crippen LogP contribution in [0.25, 0.3) is 22.4 Å². The van der Waals surface area contributed by atoms with E-state index in [-0.39, 0.29) is 23.6 Å². The summed E-state index contributed by atoms with van der Waals surface area (Å²) in [7, 11) is 0. The molecule has 2 aromatic carbocycles. The number of rotatable bonds is 3. The molecule has 8 nitrogen and oxygen atoms in total. The number of morpholine rings is 1. The molecule has 5 rings (SSSR count). The monoisotopic (exact) mass is 445 g/mol. The zero-order valence-corrected chi connectivity index (χ0v) is 17.5. The van der Waals surface area contributed by atoms with Gasteiger partial charge >= 0.3 is 0 Å². The molecule has 0 aliphatic carbocycles. The molecule has 1 aliphatic heterocycles. The average molecular weight is 446 g/mol. The van der Waals surface area contributed by atoms with Gasteiger partial charge in [0.15, 0.2) is 0 Å². The topological polar surface area (TPSA) is 93.1 Å². The lowest BCUT2D eigenvalue weighted by molar-refractivity contribution is -0.125. The molecule has 158 valence electrons. The summed E-state index contributed by atoms with van der Waals surface area (Å²) in [5, 5.41) is 10.0. The van der Waals surface area contributed by atoms with E-state index in [2.05, 4.69) is 11.1 Å². The van der Waals surface area contributed by atoms with E-state index in [1.54, 1.807) is 64.2 Å². The summed E-state index contributed by atoms with van der Waals surface area (Å²) in [4.78, 5) is 31.6. The summed E-state index contributed by atoms with van der Waals surface area (Å²) in [6.07, 6.45) is 2.99. The number of carbonyl (C=O) groups excluding carboxylic acids is 1. The van der Waals surface area contributed by atoms with Gasteiger partial charge in [-0.05, 0) is 42.5 Å². The molecule has 0 atom stereocenters. The van der Waals surface area contributed by atoms with Crippen molar-refractivity contribution in [2.24, 2.45) is 0 Å². The molecular formula is C23H16ClN5O3. The molecule has 1 fully saturated rings. The van der Waals surface area contributed by atoms with E-state index in [4.69, 9.17) is 16.3 Å². The number of carbonyl (C=O) groups is 1. The SMILES string of the molecule is N#Cc1cn(-c2cccc(Cl)c2)c2c(=O)n(-c3ccc(N4CCOCC4=O)cc3)cnc12. The fourth-order valence-electron chi connectivity index (χ4n) is 3.79. The maximum absolute atomic E-state index is 13.5. The van der Waals surface area contributed by atoms with Crippen molar-refractivity contribution in [2.45, 2.75) is 0 Å². The molecular weight excluding hydrogens is 430 g/mol. The number of halogens is 1. The summed E-state index contributed by atoms with van der Waals surface area (Å²) >= 11 is 6.13. The van der Waals surface area contributed by atoms with Gasteiger partial charge in [-0.15, -0.1) is 0 Å². The molecule has 0 unspecified atom stereocenters. The van der Waals surface area contributed by atoms with E-state index >= 15 is 0 Å². The lowest BCUT2D eigenvalue weighted by Crippen LogP contribution is -2.41. The molecule has 1 saturated heterocycles. The number of nitrogens with zero attached hydrogens (tertiary/aromatic N) is 5. The number of benzene rings is 2. The Hall–Kier alpha value is -3.93. The van der Waals surface area contributed by atoms with E-state index in [0.29, 0.717) is 40.6 Å². The van der Waals surface area contributed by atoms with Crippen LogP contribution in [0.2, 0.25) is 5.02 Å². The average Bonchev–Trinajstić information content (AvgIpc) is 3.20. The smallest absolute Gasteiger partial charge is 0.282 e. The Balaban J connectivity index is 1.62. The van der Waals surface area contributed by atoms with Gasteiger partial charge in [0.25, 0.3) is 11.5 Å². The first-order valence-electron chi connectivity index (χ1n) is 9.84. The Morgan fingerprint density at radius 2 is 1.81 bits per heavy atom. The van der Waals surface area contributed by atoms with E-state index < -0.39 is 0 Å². The van der Waals surface area contributed by atoms with Crippen molar-refractivity contribution in [2.75, 3.05) is 24.7 Å². The van der Waals surface area contributed by atoms with Crippen molar-refractivity contribution in [3.8, 4) is 17.4 Å². The quantitative estimate of drug-likeness (QED) is 0.483. The second-order valence-corrected chi connectivity index (χ2v) is 7.67. The fraction of sp³-hybridized carbons (Fsp3) is 0.130. The number of nitriles is 1. The minimum absolute atomic E-state index is 0.0590. The van der Waals surface area contributed by atoms with Crippen molar-refractivity contribution in [3.63, 3.8) is 0 Å². The van der Waals surface area contributed by atoms with Crippen LogP contribution in [0.4, 0.5) is 5.69 Å². The summed E-state index contributed by atoms with van der Waals surface area (Å²) in [6, 6.07) is 16.2. The first-order valence-corrected chi connectivity index (χ1v) is 10.2. The molecule has 0 bridgehead atoms. The van der Waals surface area contributed by atoms with Crippen LogP contribution in [0, 0.1) is 11.3 Å². The van der Waals surface area contributed by atoms with Gasteiger partial charge in [-0.2, -0.15) is 5.26 Å². The maximum atomic E-state index is 13.5. The predicted octanol–water partition coefficient (Wildman–Crippen LogP) is 3.06. The van der Waals surface area contributed by atoms with Crippen molar-refractivity contribution in [3.05, 3.63) is 82.0 Å². The number of hydrogen-bond donors (Lipinski definition) is 0. The van der Waals surface area contributed by atoms with Crippen molar-refractivity contribution < 1.29 is 9.53 Å². The Morgan fingerprint density at radius 1 is 1.03 bits per heavy atom. The Labute approximate surface area is 187 Å². The third-order valence-corrected chi connectivity index (χ3v) is 5.57. The highest BCUT2D eigenvalue weighted by molar-refractivity contribution is 6.30. The molecule has 0 saturated carbocycles. The molecule has 0 N–H and O–H groups in total. The molecule has 0 radical (unpaired) electrons. The summed E-state index contributed by atoms with van der Waals surface area (Å²) < 4.78 is 8.21.